The van der Waals surface area contributed by atoms with Crippen LogP contribution in [0.15, 0.2) is 12.2 Å². The van der Waals surface area contributed by atoms with E-state index in [4.69, 9.17) is 9.47 Å². The van der Waals surface area contributed by atoms with Crippen LogP contribution in [0.5, 0.6) is 0 Å². The van der Waals surface area contributed by atoms with Gasteiger partial charge >= 0.3 is 11.9 Å². The van der Waals surface area contributed by atoms with Gasteiger partial charge in [0.2, 0.25) is 0 Å². The first kappa shape index (κ1) is 16.5. The van der Waals surface area contributed by atoms with Gasteiger partial charge in [0.05, 0.1) is 0 Å². The molecule has 128 valence electrons. The van der Waals surface area contributed by atoms with Crippen molar-refractivity contribution in [3.05, 3.63) is 12.2 Å². The Kier molecular flexibility index (Phi) is 4.06. The summed E-state index contributed by atoms with van der Waals surface area (Å²) in [6, 6.07) is 0. The zero-order valence-corrected chi connectivity index (χ0v) is 14.6. The smallest absolute Gasteiger partial charge is 0.330 e. The quantitative estimate of drug-likeness (QED) is 0.588. The van der Waals surface area contributed by atoms with Crippen LogP contribution in [0.3, 0.4) is 0 Å². The van der Waals surface area contributed by atoms with Crippen LogP contribution >= 0.6 is 0 Å². The highest BCUT2D eigenvalue weighted by Crippen LogP contribution is 2.61. The molecule has 0 radical (unpaired) electrons. The van der Waals surface area contributed by atoms with Gasteiger partial charge in [-0.05, 0) is 77.6 Å². The number of ether oxygens (including phenoxy) is 2. The van der Waals surface area contributed by atoms with Gasteiger partial charge in [-0.3, -0.25) is 4.79 Å². The number of rotatable bonds is 3. The molecule has 23 heavy (non-hydrogen) atoms. The molecule has 0 N–H and O–H groups in total. The van der Waals surface area contributed by atoms with E-state index < -0.39 is 11.0 Å². The monoisotopic (exact) mass is 320 g/mol. The van der Waals surface area contributed by atoms with Crippen molar-refractivity contribution >= 4 is 11.9 Å². The lowest BCUT2D eigenvalue weighted by Crippen LogP contribution is -2.61. The van der Waals surface area contributed by atoms with Crippen LogP contribution in [0.4, 0.5) is 0 Å². The van der Waals surface area contributed by atoms with Gasteiger partial charge in [-0.25, -0.2) is 4.79 Å². The van der Waals surface area contributed by atoms with E-state index in [2.05, 4.69) is 0 Å². The Labute approximate surface area is 138 Å². The molecule has 0 heterocycles. The van der Waals surface area contributed by atoms with Crippen molar-refractivity contribution in [1.82, 2.24) is 0 Å². The third-order valence-electron chi connectivity index (χ3n) is 5.57. The minimum Gasteiger partial charge on any atom is -0.459 e. The molecule has 4 rings (SSSR count). The number of hydrogen-bond acceptors (Lipinski definition) is 4. The fourth-order valence-electron chi connectivity index (χ4n) is 5.17. The lowest BCUT2D eigenvalue weighted by molar-refractivity contribution is -0.214. The molecule has 0 spiro atoms. The minimum atomic E-state index is -0.626. The number of carbonyl (C=O) groups excluding carboxylic acids is 2. The lowest BCUT2D eigenvalue weighted by Gasteiger charge is -2.58. The molecule has 0 aromatic rings. The number of hydrogen-bond donors (Lipinski definition) is 0. The van der Waals surface area contributed by atoms with E-state index in [0.29, 0.717) is 17.8 Å². The average molecular weight is 320 g/mol. The summed E-state index contributed by atoms with van der Waals surface area (Å²) in [5.74, 6) is 0.964. The summed E-state index contributed by atoms with van der Waals surface area (Å²) in [4.78, 5) is 25.1. The molecule has 4 saturated carbocycles. The third kappa shape index (κ3) is 3.05. The second-order valence-electron chi connectivity index (χ2n) is 8.62. The van der Waals surface area contributed by atoms with Crippen molar-refractivity contribution < 1.29 is 19.1 Å². The van der Waals surface area contributed by atoms with Gasteiger partial charge in [-0.2, -0.15) is 0 Å². The maximum Gasteiger partial charge on any atom is 0.330 e. The van der Waals surface area contributed by atoms with Crippen molar-refractivity contribution in [2.75, 3.05) is 0 Å². The molecule has 0 aromatic carbocycles. The average Bonchev–Trinajstić information content (AvgIpc) is 2.40. The van der Waals surface area contributed by atoms with Crippen molar-refractivity contribution in [3.8, 4) is 0 Å². The van der Waals surface area contributed by atoms with Crippen LogP contribution in [0.2, 0.25) is 0 Å². The van der Waals surface area contributed by atoms with Crippen LogP contribution in [-0.4, -0.2) is 23.6 Å². The summed E-state index contributed by atoms with van der Waals surface area (Å²) in [5.41, 5.74) is -1.14. The molecule has 0 saturated heterocycles. The molecule has 4 aliphatic carbocycles. The summed E-state index contributed by atoms with van der Waals surface area (Å²) in [6.07, 6.45) is 7.78. The van der Waals surface area contributed by atoms with Crippen molar-refractivity contribution in [2.24, 2.45) is 23.2 Å². The van der Waals surface area contributed by atoms with E-state index in [9.17, 15) is 9.59 Å². The van der Waals surface area contributed by atoms with E-state index in [0.717, 1.165) is 25.7 Å². The standard InChI is InChI=1S/C19H28O4/c1-5-6-15(20)22-16-14-8-12-7-13(9-14)11-19(16,10-12)17(21)23-18(2,3)4/h5-6,12-14,16H,7-11H2,1-4H3. The minimum absolute atomic E-state index is 0.164. The van der Waals surface area contributed by atoms with Gasteiger partial charge in [-0.1, -0.05) is 6.08 Å². The SMILES string of the molecule is CC=CC(=O)OC1C2CC3CC(C2)CC1(C(=O)OC(C)(C)C)C3. The topological polar surface area (TPSA) is 52.6 Å². The van der Waals surface area contributed by atoms with E-state index in [1.54, 1.807) is 13.0 Å². The van der Waals surface area contributed by atoms with Crippen molar-refractivity contribution in [2.45, 2.75) is 71.5 Å². The van der Waals surface area contributed by atoms with Crippen LogP contribution in [-0.2, 0) is 19.1 Å². The normalized spacial score (nSPS) is 38.8. The summed E-state index contributed by atoms with van der Waals surface area (Å²) in [6.45, 7) is 7.48. The summed E-state index contributed by atoms with van der Waals surface area (Å²) >= 11 is 0. The number of carbonyl (C=O) groups is 2. The highest BCUT2D eigenvalue weighted by molar-refractivity contribution is 5.84. The van der Waals surface area contributed by atoms with Crippen LogP contribution < -0.4 is 0 Å². The van der Waals surface area contributed by atoms with E-state index in [1.807, 2.05) is 20.8 Å². The number of allylic oxidation sites excluding steroid dienone is 1. The maximum absolute atomic E-state index is 13.0. The number of esters is 2. The molecule has 4 aliphatic rings. The molecular formula is C19H28O4. The first-order valence-corrected chi connectivity index (χ1v) is 8.80. The Balaban J connectivity index is 1.89. The molecule has 4 heteroatoms. The summed E-state index contributed by atoms with van der Waals surface area (Å²) < 4.78 is 11.5. The van der Waals surface area contributed by atoms with Gasteiger partial charge in [-0.15, -0.1) is 0 Å². The largest absolute Gasteiger partial charge is 0.459 e. The molecule has 0 aliphatic heterocycles. The lowest BCUT2D eigenvalue weighted by atomic mass is 9.48. The maximum atomic E-state index is 13.0. The highest BCUT2D eigenvalue weighted by atomic mass is 16.6. The van der Waals surface area contributed by atoms with Crippen LogP contribution in [0, 0.1) is 23.2 Å². The molecule has 3 atom stereocenters. The highest BCUT2D eigenvalue weighted by Gasteiger charge is 2.63. The molecule has 0 amide bonds. The molecule has 4 bridgehead atoms. The van der Waals surface area contributed by atoms with Gasteiger partial charge in [0, 0.05) is 6.08 Å². The zero-order valence-electron chi connectivity index (χ0n) is 14.6. The van der Waals surface area contributed by atoms with Gasteiger partial charge in [0.25, 0.3) is 0 Å². The second kappa shape index (κ2) is 5.64. The first-order valence-electron chi connectivity index (χ1n) is 8.80. The summed E-state index contributed by atoms with van der Waals surface area (Å²) in [5, 5.41) is 0. The third-order valence-corrected chi connectivity index (χ3v) is 5.57. The fraction of sp³-hybridized carbons (Fsp3) is 0.789. The second-order valence-corrected chi connectivity index (χ2v) is 8.62. The molecular weight excluding hydrogens is 292 g/mol. The Hall–Kier alpha value is -1.32. The first-order chi connectivity index (χ1) is 10.7. The van der Waals surface area contributed by atoms with Gasteiger partial charge in [0.1, 0.15) is 17.1 Å². The van der Waals surface area contributed by atoms with Crippen molar-refractivity contribution in [1.29, 1.82) is 0 Å². The zero-order chi connectivity index (χ0) is 16.8. The Bertz CT molecular complexity index is 514. The van der Waals surface area contributed by atoms with Gasteiger partial charge in [0.15, 0.2) is 0 Å². The van der Waals surface area contributed by atoms with Crippen LogP contribution in [0.1, 0.15) is 59.8 Å². The predicted octanol–water partition coefficient (Wildman–Crippen LogP) is 3.64. The van der Waals surface area contributed by atoms with Crippen LogP contribution in [0.25, 0.3) is 0 Å². The Morgan fingerprint density at radius 3 is 2.22 bits per heavy atom. The summed E-state index contributed by atoms with van der Waals surface area (Å²) in [7, 11) is 0. The molecule has 3 unspecified atom stereocenters. The molecule has 0 aromatic heterocycles. The van der Waals surface area contributed by atoms with E-state index in [-0.39, 0.29) is 18.0 Å². The molecule has 4 nitrogen and oxygen atoms in total. The van der Waals surface area contributed by atoms with Crippen molar-refractivity contribution in [3.63, 3.8) is 0 Å². The van der Waals surface area contributed by atoms with E-state index in [1.165, 1.54) is 12.5 Å². The van der Waals surface area contributed by atoms with Gasteiger partial charge < -0.3 is 9.47 Å². The Morgan fingerprint density at radius 2 is 1.70 bits per heavy atom. The Morgan fingerprint density at radius 1 is 1.09 bits per heavy atom. The fourth-order valence-corrected chi connectivity index (χ4v) is 5.17. The van der Waals surface area contributed by atoms with E-state index >= 15 is 0 Å². The molecule has 4 fully saturated rings. The predicted molar refractivity (Wildman–Crippen MR) is 86.5 cm³/mol.